The number of rotatable bonds is 11. The van der Waals surface area contributed by atoms with Crippen LogP contribution in [-0.2, 0) is 32.6 Å². The topological polar surface area (TPSA) is 96.0 Å². The predicted octanol–water partition coefficient (Wildman–Crippen LogP) is 4.29. The normalized spacial score (nSPS) is 12.4. The van der Waals surface area contributed by atoms with E-state index in [4.69, 9.17) is 4.74 Å². The van der Waals surface area contributed by atoms with Crippen molar-refractivity contribution in [2.75, 3.05) is 24.2 Å². The lowest BCUT2D eigenvalue weighted by molar-refractivity contribution is -0.140. The van der Waals surface area contributed by atoms with E-state index >= 15 is 0 Å². The third-order valence-corrected chi connectivity index (χ3v) is 7.27. The first-order valence-corrected chi connectivity index (χ1v) is 14.7. The van der Waals surface area contributed by atoms with Crippen LogP contribution in [0.15, 0.2) is 72.8 Å². The molecular formula is C30H35F2N3O5S. The molecule has 8 nitrogen and oxygen atoms in total. The van der Waals surface area contributed by atoms with Crippen molar-refractivity contribution in [1.29, 1.82) is 0 Å². The lowest BCUT2D eigenvalue weighted by Gasteiger charge is -2.35. The monoisotopic (exact) mass is 587 g/mol. The number of methoxy groups -OCH3 is 1. The molecule has 0 heterocycles. The molecule has 1 N–H and O–H groups in total. The molecule has 11 heteroatoms. The van der Waals surface area contributed by atoms with Crippen LogP contribution in [0.25, 0.3) is 0 Å². The van der Waals surface area contributed by atoms with Crippen molar-refractivity contribution in [3.8, 4) is 5.75 Å². The molecule has 3 aromatic carbocycles. The smallest absolute Gasteiger partial charge is 0.244 e. The Hall–Kier alpha value is -3.99. The van der Waals surface area contributed by atoms with Crippen LogP contribution in [0.3, 0.4) is 0 Å². The molecule has 0 bridgehead atoms. The van der Waals surface area contributed by atoms with Gasteiger partial charge in [-0.05, 0) is 56.2 Å². The van der Waals surface area contributed by atoms with Crippen LogP contribution in [-0.4, -0.2) is 56.6 Å². The molecule has 0 aromatic heterocycles. The summed E-state index contributed by atoms with van der Waals surface area (Å²) in [6.45, 7) is 4.63. The van der Waals surface area contributed by atoms with Gasteiger partial charge < -0.3 is 15.0 Å². The third-order valence-electron chi connectivity index (χ3n) is 6.13. The molecule has 1 atom stereocenters. The van der Waals surface area contributed by atoms with E-state index in [1.807, 2.05) is 51.1 Å². The van der Waals surface area contributed by atoms with Gasteiger partial charge in [-0.25, -0.2) is 17.2 Å². The van der Waals surface area contributed by atoms with E-state index in [1.165, 1.54) is 12.0 Å². The highest BCUT2D eigenvalue weighted by atomic mass is 32.2. The number of halogens is 2. The number of ether oxygens (including phenoxy) is 1. The molecule has 0 radical (unpaired) electrons. The van der Waals surface area contributed by atoms with E-state index in [-0.39, 0.29) is 18.7 Å². The van der Waals surface area contributed by atoms with Crippen molar-refractivity contribution >= 4 is 27.5 Å². The van der Waals surface area contributed by atoms with E-state index in [9.17, 15) is 26.8 Å². The Morgan fingerprint density at radius 3 is 2.17 bits per heavy atom. The minimum atomic E-state index is -4.12. The van der Waals surface area contributed by atoms with Crippen molar-refractivity contribution in [3.63, 3.8) is 0 Å². The largest absolute Gasteiger partial charge is 0.497 e. The number of hydrogen-bond acceptors (Lipinski definition) is 5. The zero-order chi connectivity index (χ0) is 30.4. The van der Waals surface area contributed by atoms with E-state index in [0.29, 0.717) is 21.7 Å². The van der Waals surface area contributed by atoms with Crippen LogP contribution in [0.2, 0.25) is 0 Å². The number of carbonyl (C=O) groups is 2. The second-order valence-corrected chi connectivity index (χ2v) is 12.6. The number of carbonyl (C=O) groups excluding carboxylic acids is 2. The average molecular weight is 588 g/mol. The molecule has 41 heavy (non-hydrogen) atoms. The second kappa shape index (κ2) is 13.1. The Bertz CT molecular complexity index is 1480. The average Bonchev–Trinajstić information content (AvgIpc) is 2.90. The van der Waals surface area contributed by atoms with Gasteiger partial charge in [0.2, 0.25) is 21.8 Å². The molecule has 0 saturated carbocycles. The van der Waals surface area contributed by atoms with Crippen LogP contribution in [0, 0.1) is 11.6 Å². The van der Waals surface area contributed by atoms with Crippen molar-refractivity contribution in [3.05, 3.63) is 95.6 Å². The fraction of sp³-hybridized carbons (Fsp3) is 0.333. The SMILES string of the molecule is COc1cccc(CN(C(=O)CN(c2ccc(F)c(F)c2)S(C)(=O)=O)C(Cc2ccccc2)C(=O)NC(C)(C)C)c1. The number of nitrogens with zero attached hydrogens (tertiary/aromatic N) is 2. The molecule has 0 aliphatic carbocycles. The first-order chi connectivity index (χ1) is 19.2. The number of anilines is 1. The molecule has 0 spiro atoms. The van der Waals surface area contributed by atoms with E-state index < -0.39 is 51.6 Å². The Morgan fingerprint density at radius 1 is 0.927 bits per heavy atom. The van der Waals surface area contributed by atoms with Crippen molar-refractivity contribution in [2.24, 2.45) is 0 Å². The van der Waals surface area contributed by atoms with Gasteiger partial charge in [0.25, 0.3) is 0 Å². The molecule has 0 saturated heterocycles. The molecule has 0 aliphatic heterocycles. The Kier molecular flexibility index (Phi) is 10.1. The quantitative estimate of drug-likeness (QED) is 0.361. The highest BCUT2D eigenvalue weighted by molar-refractivity contribution is 7.92. The predicted molar refractivity (Wildman–Crippen MR) is 154 cm³/mol. The zero-order valence-corrected chi connectivity index (χ0v) is 24.5. The number of hydrogen-bond donors (Lipinski definition) is 1. The van der Waals surface area contributed by atoms with Gasteiger partial charge >= 0.3 is 0 Å². The van der Waals surface area contributed by atoms with Gasteiger partial charge in [-0.15, -0.1) is 0 Å². The minimum Gasteiger partial charge on any atom is -0.497 e. The Morgan fingerprint density at radius 2 is 1.59 bits per heavy atom. The zero-order valence-electron chi connectivity index (χ0n) is 23.7. The summed E-state index contributed by atoms with van der Waals surface area (Å²) in [6, 6.07) is 17.6. The summed E-state index contributed by atoms with van der Waals surface area (Å²) in [7, 11) is -2.61. The van der Waals surface area contributed by atoms with E-state index in [2.05, 4.69) is 5.32 Å². The number of nitrogens with one attached hydrogen (secondary N) is 1. The van der Waals surface area contributed by atoms with Crippen molar-refractivity contribution < 1.29 is 31.5 Å². The van der Waals surface area contributed by atoms with Gasteiger partial charge in [0, 0.05) is 24.6 Å². The van der Waals surface area contributed by atoms with Gasteiger partial charge in [0.1, 0.15) is 18.3 Å². The second-order valence-electron chi connectivity index (χ2n) is 10.7. The molecule has 2 amide bonds. The van der Waals surface area contributed by atoms with Crippen LogP contribution in [0.1, 0.15) is 31.9 Å². The van der Waals surface area contributed by atoms with Crippen molar-refractivity contribution in [1.82, 2.24) is 10.2 Å². The summed E-state index contributed by atoms with van der Waals surface area (Å²) in [6.07, 6.45) is 1.00. The van der Waals surface area contributed by atoms with Crippen molar-refractivity contribution in [2.45, 2.75) is 45.3 Å². The summed E-state index contributed by atoms with van der Waals surface area (Å²) < 4.78 is 59.2. The van der Waals surface area contributed by atoms with Crippen LogP contribution < -0.4 is 14.4 Å². The Labute approximate surface area is 240 Å². The van der Waals surface area contributed by atoms with E-state index in [1.54, 1.807) is 24.3 Å². The summed E-state index contributed by atoms with van der Waals surface area (Å²) >= 11 is 0. The fourth-order valence-electron chi connectivity index (χ4n) is 4.23. The first-order valence-electron chi connectivity index (χ1n) is 12.9. The van der Waals surface area contributed by atoms with Gasteiger partial charge in [-0.2, -0.15) is 0 Å². The Balaban J connectivity index is 2.10. The summed E-state index contributed by atoms with van der Waals surface area (Å²) in [5.74, 6) is -3.03. The maximum atomic E-state index is 14.1. The van der Waals surface area contributed by atoms with Crippen LogP contribution >= 0.6 is 0 Å². The minimum absolute atomic E-state index is 0.0551. The summed E-state index contributed by atoms with van der Waals surface area (Å²) in [5.41, 5.74) is 0.574. The highest BCUT2D eigenvalue weighted by Gasteiger charge is 2.34. The number of benzene rings is 3. The molecule has 220 valence electrons. The van der Waals surface area contributed by atoms with Gasteiger partial charge in [-0.1, -0.05) is 42.5 Å². The highest BCUT2D eigenvalue weighted by Crippen LogP contribution is 2.23. The third kappa shape index (κ3) is 9.01. The summed E-state index contributed by atoms with van der Waals surface area (Å²) in [4.78, 5) is 29.0. The van der Waals surface area contributed by atoms with Gasteiger partial charge in [0.15, 0.2) is 11.6 Å². The first kappa shape index (κ1) is 31.5. The number of amides is 2. The molecule has 3 rings (SSSR count). The lowest BCUT2D eigenvalue weighted by Crippen LogP contribution is -2.56. The molecular weight excluding hydrogens is 552 g/mol. The lowest BCUT2D eigenvalue weighted by atomic mass is 10.0. The van der Waals surface area contributed by atoms with Crippen LogP contribution in [0.4, 0.5) is 14.5 Å². The maximum Gasteiger partial charge on any atom is 0.244 e. The maximum absolute atomic E-state index is 14.1. The fourth-order valence-corrected chi connectivity index (χ4v) is 5.07. The molecule has 3 aromatic rings. The van der Waals surface area contributed by atoms with Gasteiger partial charge in [-0.3, -0.25) is 13.9 Å². The summed E-state index contributed by atoms with van der Waals surface area (Å²) in [5, 5.41) is 2.93. The molecule has 0 fully saturated rings. The molecule has 1 unspecified atom stereocenters. The molecule has 0 aliphatic rings. The number of sulfonamides is 1. The van der Waals surface area contributed by atoms with E-state index in [0.717, 1.165) is 24.0 Å². The van der Waals surface area contributed by atoms with Crippen LogP contribution in [0.5, 0.6) is 5.75 Å². The standard InChI is InChI=1S/C30H35F2N3O5S/c1-30(2,3)33-29(37)27(17-21-10-7-6-8-11-21)34(19-22-12-9-13-24(16-22)40-4)28(36)20-35(41(5,38)39)23-14-15-25(31)26(32)18-23/h6-16,18,27H,17,19-20H2,1-5H3,(H,33,37). The van der Waals surface area contributed by atoms with Gasteiger partial charge in [0.05, 0.1) is 19.1 Å².